The number of guanidine groups is 1. The molecule has 0 aromatic heterocycles. The lowest BCUT2D eigenvalue weighted by Gasteiger charge is -2.29. The number of carbonyl (C=O) groups excluding carboxylic acids is 1. The molecule has 1 atom stereocenters. The normalized spacial score (nSPS) is 20.7. The zero-order valence-corrected chi connectivity index (χ0v) is 18.1. The van der Waals surface area contributed by atoms with Crippen molar-refractivity contribution in [2.45, 2.75) is 39.0 Å². The first kappa shape index (κ1) is 21.6. The fourth-order valence-corrected chi connectivity index (χ4v) is 4.41. The summed E-state index contributed by atoms with van der Waals surface area (Å²) in [5.74, 6) is 1.75. The molecule has 1 unspecified atom stereocenters. The van der Waals surface area contributed by atoms with Crippen LogP contribution in [0.25, 0.3) is 0 Å². The van der Waals surface area contributed by atoms with Gasteiger partial charge in [0.1, 0.15) is 0 Å². The van der Waals surface area contributed by atoms with Gasteiger partial charge in [-0.15, -0.1) is 0 Å². The van der Waals surface area contributed by atoms with Gasteiger partial charge in [0, 0.05) is 45.3 Å². The average Bonchev–Trinajstić information content (AvgIpc) is 3.22. The molecule has 2 heterocycles. The number of rotatable bonds is 7. The van der Waals surface area contributed by atoms with Crippen molar-refractivity contribution in [3.8, 4) is 0 Å². The minimum Gasteiger partial charge on any atom is -0.357 e. The van der Waals surface area contributed by atoms with Gasteiger partial charge in [-0.3, -0.25) is 9.79 Å². The van der Waals surface area contributed by atoms with Gasteiger partial charge in [-0.1, -0.05) is 18.6 Å². The second-order valence-corrected chi connectivity index (χ2v) is 8.23. The lowest BCUT2D eigenvalue weighted by Crippen LogP contribution is -2.41. The third-order valence-corrected chi connectivity index (χ3v) is 5.96. The minimum atomic E-state index is -0.0412. The molecule has 0 saturated carbocycles. The third-order valence-electron chi connectivity index (χ3n) is 5.96. The summed E-state index contributed by atoms with van der Waals surface area (Å²) in [6, 6.07) is 7.83. The number of hydrogen-bond acceptors (Lipinski definition) is 3. The molecule has 2 aliphatic rings. The number of carbonyl (C=O) groups is 1. The first-order chi connectivity index (χ1) is 14.2. The highest BCUT2D eigenvalue weighted by molar-refractivity contribution is 5.94. The van der Waals surface area contributed by atoms with Gasteiger partial charge in [0.15, 0.2) is 5.96 Å². The standard InChI is InChI=1S/C23H37N5O/c1-3-25-23(26-12-10-19-8-7-9-21(16-19)22(29)24-2)28-15-11-20(18-28)17-27-13-5-4-6-14-27/h7-9,16,20H,3-6,10-15,17-18H2,1-2H3,(H,24,29)(H,25,26). The molecule has 3 rings (SSSR count). The van der Waals surface area contributed by atoms with Crippen LogP contribution >= 0.6 is 0 Å². The Labute approximate surface area is 175 Å². The second-order valence-electron chi connectivity index (χ2n) is 8.23. The van der Waals surface area contributed by atoms with E-state index in [0.29, 0.717) is 5.56 Å². The maximum absolute atomic E-state index is 11.8. The molecule has 0 aliphatic carbocycles. The predicted octanol–water partition coefficient (Wildman–Crippen LogP) is 2.36. The number of hydrogen-bond donors (Lipinski definition) is 2. The molecule has 2 N–H and O–H groups in total. The molecule has 29 heavy (non-hydrogen) atoms. The Morgan fingerprint density at radius 1 is 1.21 bits per heavy atom. The fraction of sp³-hybridized carbons (Fsp3) is 0.652. The van der Waals surface area contributed by atoms with Crippen molar-refractivity contribution in [3.63, 3.8) is 0 Å². The summed E-state index contributed by atoms with van der Waals surface area (Å²) in [7, 11) is 1.66. The smallest absolute Gasteiger partial charge is 0.251 e. The Bertz CT molecular complexity index is 684. The number of nitrogens with one attached hydrogen (secondary N) is 2. The fourth-order valence-electron chi connectivity index (χ4n) is 4.41. The molecule has 2 aliphatic heterocycles. The van der Waals surface area contributed by atoms with Crippen LogP contribution in [0.5, 0.6) is 0 Å². The van der Waals surface area contributed by atoms with Crippen molar-refractivity contribution in [1.82, 2.24) is 20.4 Å². The molecule has 6 heteroatoms. The zero-order chi connectivity index (χ0) is 20.5. The van der Waals surface area contributed by atoms with Crippen molar-refractivity contribution < 1.29 is 4.79 Å². The summed E-state index contributed by atoms with van der Waals surface area (Å²) in [4.78, 5) is 21.8. The van der Waals surface area contributed by atoms with Crippen molar-refractivity contribution >= 4 is 11.9 Å². The summed E-state index contributed by atoms with van der Waals surface area (Å²) < 4.78 is 0. The Balaban J connectivity index is 1.52. The highest BCUT2D eigenvalue weighted by atomic mass is 16.1. The number of nitrogens with zero attached hydrogens (tertiary/aromatic N) is 3. The molecule has 2 saturated heterocycles. The topological polar surface area (TPSA) is 60.0 Å². The van der Waals surface area contributed by atoms with E-state index < -0.39 is 0 Å². The van der Waals surface area contributed by atoms with Gasteiger partial charge >= 0.3 is 0 Å². The van der Waals surface area contributed by atoms with Crippen molar-refractivity contribution in [1.29, 1.82) is 0 Å². The van der Waals surface area contributed by atoms with Crippen LogP contribution in [0.15, 0.2) is 29.3 Å². The lowest BCUT2D eigenvalue weighted by molar-refractivity contribution is 0.0963. The van der Waals surface area contributed by atoms with E-state index in [4.69, 9.17) is 4.99 Å². The number of benzene rings is 1. The van der Waals surface area contributed by atoms with E-state index >= 15 is 0 Å². The quantitative estimate of drug-likeness (QED) is 0.546. The number of amides is 1. The van der Waals surface area contributed by atoms with Gasteiger partial charge in [0.2, 0.25) is 0 Å². The Morgan fingerprint density at radius 2 is 2.03 bits per heavy atom. The maximum atomic E-state index is 11.8. The highest BCUT2D eigenvalue weighted by Crippen LogP contribution is 2.20. The van der Waals surface area contributed by atoms with Crippen LogP contribution < -0.4 is 10.6 Å². The van der Waals surface area contributed by atoms with E-state index in [1.165, 1.54) is 45.3 Å². The van der Waals surface area contributed by atoms with Gasteiger partial charge in [-0.2, -0.15) is 0 Å². The molecule has 0 radical (unpaired) electrons. The summed E-state index contributed by atoms with van der Waals surface area (Å²) in [5.41, 5.74) is 1.86. The summed E-state index contributed by atoms with van der Waals surface area (Å²) in [5, 5.41) is 6.16. The van der Waals surface area contributed by atoms with Gasteiger partial charge in [0.25, 0.3) is 5.91 Å². The molecule has 2 fully saturated rings. The van der Waals surface area contributed by atoms with Crippen LogP contribution in [0.3, 0.4) is 0 Å². The van der Waals surface area contributed by atoms with Gasteiger partial charge in [-0.25, -0.2) is 0 Å². The monoisotopic (exact) mass is 399 g/mol. The van der Waals surface area contributed by atoms with E-state index in [0.717, 1.165) is 50.0 Å². The lowest BCUT2D eigenvalue weighted by atomic mass is 10.1. The van der Waals surface area contributed by atoms with Crippen LogP contribution in [0.1, 0.15) is 48.5 Å². The number of likely N-dealkylation sites (tertiary alicyclic amines) is 2. The molecular formula is C23H37N5O. The number of aliphatic imine (C=N–C) groups is 1. The van der Waals surface area contributed by atoms with Crippen LogP contribution in [0.2, 0.25) is 0 Å². The molecule has 0 spiro atoms. The van der Waals surface area contributed by atoms with Crippen molar-refractivity contribution in [3.05, 3.63) is 35.4 Å². The van der Waals surface area contributed by atoms with Gasteiger partial charge < -0.3 is 20.4 Å². The van der Waals surface area contributed by atoms with E-state index in [1.54, 1.807) is 7.05 Å². The molecule has 6 nitrogen and oxygen atoms in total. The summed E-state index contributed by atoms with van der Waals surface area (Å²) >= 11 is 0. The maximum Gasteiger partial charge on any atom is 0.251 e. The molecule has 1 amide bonds. The van der Waals surface area contributed by atoms with Crippen LogP contribution in [0, 0.1) is 5.92 Å². The van der Waals surface area contributed by atoms with E-state index in [9.17, 15) is 4.79 Å². The third kappa shape index (κ3) is 6.46. The molecular weight excluding hydrogens is 362 g/mol. The largest absolute Gasteiger partial charge is 0.357 e. The zero-order valence-electron chi connectivity index (χ0n) is 18.1. The Hall–Kier alpha value is -2.08. The molecule has 0 bridgehead atoms. The van der Waals surface area contributed by atoms with Crippen molar-refractivity contribution in [2.75, 3.05) is 52.9 Å². The van der Waals surface area contributed by atoms with Crippen LogP contribution in [0.4, 0.5) is 0 Å². The van der Waals surface area contributed by atoms with E-state index in [2.05, 4.69) is 33.4 Å². The highest BCUT2D eigenvalue weighted by Gasteiger charge is 2.26. The van der Waals surface area contributed by atoms with Crippen LogP contribution in [-0.4, -0.2) is 74.5 Å². The SMILES string of the molecule is CCNC(=NCCc1cccc(C(=O)NC)c1)N1CCC(CN2CCCCC2)C1. The summed E-state index contributed by atoms with van der Waals surface area (Å²) in [6.45, 7) is 9.74. The van der Waals surface area contributed by atoms with Gasteiger partial charge in [-0.05, 0) is 69.3 Å². The predicted molar refractivity (Wildman–Crippen MR) is 119 cm³/mol. The van der Waals surface area contributed by atoms with Crippen molar-refractivity contribution in [2.24, 2.45) is 10.9 Å². The molecule has 1 aromatic carbocycles. The first-order valence-corrected chi connectivity index (χ1v) is 11.3. The van der Waals surface area contributed by atoms with Gasteiger partial charge in [0.05, 0.1) is 0 Å². The van der Waals surface area contributed by atoms with Crippen LogP contribution in [-0.2, 0) is 6.42 Å². The summed E-state index contributed by atoms with van der Waals surface area (Å²) in [6.07, 6.45) is 6.22. The molecule has 1 aromatic rings. The van der Waals surface area contributed by atoms with E-state index in [-0.39, 0.29) is 5.91 Å². The first-order valence-electron chi connectivity index (χ1n) is 11.3. The Kier molecular flexibility index (Phi) is 8.35. The average molecular weight is 400 g/mol. The minimum absolute atomic E-state index is 0.0412. The van der Waals surface area contributed by atoms with E-state index in [1.807, 2.05) is 18.2 Å². The second kappa shape index (κ2) is 11.2. The Morgan fingerprint density at radius 3 is 2.79 bits per heavy atom. The molecule has 160 valence electrons. The number of piperidine rings is 1.